The Bertz CT molecular complexity index is 467. The molecule has 1 aromatic rings. The molecule has 17 heavy (non-hydrogen) atoms. The molecule has 0 aromatic carbocycles. The molecular formula is C14H17BrN2. The molecular weight excluding hydrogens is 276 g/mol. The molecule has 0 unspecified atom stereocenters. The maximum Gasteiger partial charge on any atom is 0.109 e. The summed E-state index contributed by atoms with van der Waals surface area (Å²) in [5, 5.41) is 3.60. The predicted molar refractivity (Wildman–Crippen MR) is 73.8 cm³/mol. The lowest BCUT2D eigenvalue weighted by molar-refractivity contribution is 0.341. The lowest BCUT2D eigenvalue weighted by atomic mass is 9.92. The second-order valence-electron chi connectivity index (χ2n) is 5.11. The second kappa shape index (κ2) is 4.54. The first kappa shape index (κ1) is 11.4. The Labute approximate surface area is 111 Å². The third-order valence-corrected chi connectivity index (χ3v) is 4.72. The Balaban J connectivity index is 1.87. The summed E-state index contributed by atoms with van der Waals surface area (Å²) < 4.78 is 0.954. The summed E-state index contributed by atoms with van der Waals surface area (Å²) in [7, 11) is 0. The first-order chi connectivity index (χ1) is 8.24. The molecule has 0 spiro atoms. The summed E-state index contributed by atoms with van der Waals surface area (Å²) in [4.78, 5) is 4.40. The van der Waals surface area contributed by atoms with E-state index in [9.17, 15) is 0 Å². The van der Waals surface area contributed by atoms with Gasteiger partial charge in [0.25, 0.3) is 0 Å². The van der Waals surface area contributed by atoms with Crippen LogP contribution in [0.2, 0.25) is 0 Å². The fourth-order valence-electron chi connectivity index (χ4n) is 2.92. The van der Waals surface area contributed by atoms with Crippen molar-refractivity contribution in [2.75, 3.05) is 6.54 Å². The van der Waals surface area contributed by atoms with Crippen molar-refractivity contribution in [2.24, 2.45) is 5.92 Å². The monoisotopic (exact) mass is 292 g/mol. The lowest BCUT2D eigenvalue weighted by Crippen LogP contribution is -2.37. The Morgan fingerprint density at radius 3 is 3.12 bits per heavy atom. The lowest BCUT2D eigenvalue weighted by Gasteiger charge is -2.25. The quantitative estimate of drug-likeness (QED) is 0.804. The van der Waals surface area contributed by atoms with Crippen molar-refractivity contribution in [3.05, 3.63) is 34.1 Å². The minimum absolute atomic E-state index is 0.600. The number of hydrogen-bond acceptors (Lipinski definition) is 2. The average molecular weight is 293 g/mol. The highest BCUT2D eigenvalue weighted by Crippen LogP contribution is 2.37. The van der Waals surface area contributed by atoms with Gasteiger partial charge in [0.1, 0.15) is 4.60 Å². The van der Waals surface area contributed by atoms with E-state index in [0.29, 0.717) is 6.04 Å². The highest BCUT2D eigenvalue weighted by molar-refractivity contribution is 9.10. The van der Waals surface area contributed by atoms with Crippen LogP contribution in [0.25, 0.3) is 5.57 Å². The number of nitrogens with one attached hydrogen (secondary N) is 1. The number of pyridine rings is 1. The molecule has 2 atom stereocenters. The molecule has 1 saturated heterocycles. The Hall–Kier alpha value is -0.670. The zero-order valence-electron chi connectivity index (χ0n) is 10.0. The number of piperidine rings is 1. The summed E-state index contributed by atoms with van der Waals surface area (Å²) >= 11 is 3.46. The first-order valence-electron chi connectivity index (χ1n) is 6.30. The van der Waals surface area contributed by atoms with Gasteiger partial charge in [-0.1, -0.05) is 6.08 Å². The Morgan fingerprint density at radius 1 is 1.47 bits per heavy atom. The maximum absolute atomic E-state index is 4.40. The van der Waals surface area contributed by atoms with Gasteiger partial charge in [0.2, 0.25) is 0 Å². The van der Waals surface area contributed by atoms with E-state index in [1.165, 1.54) is 42.5 Å². The highest BCUT2D eigenvalue weighted by atomic mass is 79.9. The molecule has 3 rings (SSSR count). The van der Waals surface area contributed by atoms with Crippen molar-refractivity contribution < 1.29 is 0 Å². The highest BCUT2D eigenvalue weighted by Gasteiger charge is 2.29. The van der Waals surface area contributed by atoms with E-state index < -0.39 is 0 Å². The van der Waals surface area contributed by atoms with Crippen molar-refractivity contribution >= 4 is 21.5 Å². The molecule has 2 aliphatic rings. The number of nitrogens with zero attached hydrogens (tertiary/aromatic N) is 1. The summed E-state index contributed by atoms with van der Waals surface area (Å²) in [6, 6.07) is 2.84. The van der Waals surface area contributed by atoms with Gasteiger partial charge in [-0.15, -0.1) is 0 Å². The molecule has 1 fully saturated rings. The zero-order chi connectivity index (χ0) is 11.8. The van der Waals surface area contributed by atoms with E-state index in [2.05, 4.69) is 45.3 Å². The van der Waals surface area contributed by atoms with Gasteiger partial charge in [0, 0.05) is 12.2 Å². The van der Waals surface area contributed by atoms with Crippen molar-refractivity contribution in [1.82, 2.24) is 10.3 Å². The number of aromatic nitrogens is 1. The van der Waals surface area contributed by atoms with Crippen LogP contribution in [-0.2, 0) is 0 Å². The molecule has 0 bridgehead atoms. The van der Waals surface area contributed by atoms with E-state index in [4.69, 9.17) is 0 Å². The van der Waals surface area contributed by atoms with Crippen molar-refractivity contribution in [3.63, 3.8) is 0 Å². The van der Waals surface area contributed by atoms with Gasteiger partial charge in [0.05, 0.1) is 0 Å². The summed E-state index contributed by atoms with van der Waals surface area (Å²) in [5.74, 6) is 0.808. The smallest absolute Gasteiger partial charge is 0.109 e. The molecule has 0 radical (unpaired) electrons. The zero-order valence-corrected chi connectivity index (χ0v) is 11.6. The maximum atomic E-state index is 4.40. The third kappa shape index (κ3) is 2.18. The van der Waals surface area contributed by atoms with Crippen LogP contribution >= 0.6 is 15.9 Å². The predicted octanol–water partition coefficient (Wildman–Crippen LogP) is 3.31. The molecule has 0 amide bonds. The minimum atomic E-state index is 0.600. The van der Waals surface area contributed by atoms with Crippen LogP contribution in [0.3, 0.4) is 0 Å². The normalized spacial score (nSPS) is 27.8. The summed E-state index contributed by atoms with van der Waals surface area (Å²) in [6.45, 7) is 3.27. The fraction of sp³-hybridized carbons (Fsp3) is 0.500. The van der Waals surface area contributed by atoms with E-state index in [-0.39, 0.29) is 0 Å². The molecule has 2 nitrogen and oxygen atoms in total. The molecule has 1 aliphatic heterocycles. The topological polar surface area (TPSA) is 24.9 Å². The third-order valence-electron chi connectivity index (χ3n) is 3.89. The van der Waals surface area contributed by atoms with Gasteiger partial charge in [-0.05, 0) is 77.3 Å². The second-order valence-corrected chi connectivity index (χ2v) is 5.86. The van der Waals surface area contributed by atoms with Gasteiger partial charge in [-0.25, -0.2) is 4.98 Å². The number of hydrogen-bond donors (Lipinski definition) is 1. The first-order valence-corrected chi connectivity index (χ1v) is 7.10. The van der Waals surface area contributed by atoms with Crippen LogP contribution in [0.15, 0.2) is 22.9 Å². The van der Waals surface area contributed by atoms with Crippen LogP contribution in [0.4, 0.5) is 0 Å². The standard InChI is InChI=1S/C14H17BrN2/c1-9-5-12(8-17-14(9)15)11-6-10-3-2-4-16-13(10)7-11/h5,7-8,10,13,16H,2-4,6H2,1H3/t10-,13+/m0/s1. The van der Waals surface area contributed by atoms with Crippen LogP contribution in [-0.4, -0.2) is 17.6 Å². The number of halogens is 1. The molecule has 2 heterocycles. The van der Waals surface area contributed by atoms with Gasteiger partial charge in [-0.2, -0.15) is 0 Å². The van der Waals surface area contributed by atoms with Crippen LogP contribution in [0.1, 0.15) is 30.4 Å². The van der Waals surface area contributed by atoms with Gasteiger partial charge >= 0.3 is 0 Å². The minimum Gasteiger partial charge on any atom is -0.310 e. The van der Waals surface area contributed by atoms with E-state index in [0.717, 1.165) is 10.5 Å². The molecule has 90 valence electrons. The number of fused-ring (bicyclic) bond motifs is 1. The van der Waals surface area contributed by atoms with Crippen molar-refractivity contribution in [1.29, 1.82) is 0 Å². The SMILES string of the molecule is Cc1cc(C2=C[C@H]3NCCC[C@H]3C2)cnc1Br. The summed E-state index contributed by atoms with van der Waals surface area (Å²) in [5.41, 5.74) is 3.98. The van der Waals surface area contributed by atoms with Crippen molar-refractivity contribution in [3.8, 4) is 0 Å². The Kier molecular flexibility index (Phi) is 3.05. The van der Waals surface area contributed by atoms with Gasteiger partial charge in [0.15, 0.2) is 0 Å². The Morgan fingerprint density at radius 2 is 2.35 bits per heavy atom. The average Bonchev–Trinajstić information content (AvgIpc) is 2.76. The summed E-state index contributed by atoms with van der Waals surface area (Å²) in [6.07, 6.45) is 8.29. The van der Waals surface area contributed by atoms with Crippen LogP contribution in [0.5, 0.6) is 0 Å². The van der Waals surface area contributed by atoms with E-state index >= 15 is 0 Å². The van der Waals surface area contributed by atoms with Crippen molar-refractivity contribution in [2.45, 2.75) is 32.2 Å². The largest absolute Gasteiger partial charge is 0.310 e. The fourth-order valence-corrected chi connectivity index (χ4v) is 3.14. The molecule has 1 N–H and O–H groups in total. The number of aryl methyl sites for hydroxylation is 1. The molecule has 1 aromatic heterocycles. The van der Waals surface area contributed by atoms with Gasteiger partial charge in [-0.3, -0.25) is 0 Å². The van der Waals surface area contributed by atoms with E-state index in [1.54, 1.807) is 0 Å². The number of rotatable bonds is 1. The van der Waals surface area contributed by atoms with Crippen LogP contribution in [0, 0.1) is 12.8 Å². The van der Waals surface area contributed by atoms with Crippen LogP contribution < -0.4 is 5.32 Å². The van der Waals surface area contributed by atoms with E-state index in [1.807, 2.05) is 6.20 Å². The molecule has 0 saturated carbocycles. The molecule has 1 aliphatic carbocycles. The molecule has 3 heteroatoms. The van der Waals surface area contributed by atoms with Gasteiger partial charge < -0.3 is 5.32 Å². The number of allylic oxidation sites excluding steroid dienone is 1.